The predicted octanol–water partition coefficient (Wildman–Crippen LogP) is 6.03. The first-order valence-electron chi connectivity index (χ1n) is 8.10. The molecule has 0 atom stereocenters. The standard InChI is InChI=1S/C22H21N/c1-22(2,3)20-19-15-9-5-4-8-14(15)12-13-17(19)16-10-6-7-11-18(16)21(20)23/h4-13H,23H2,1-3H3. The molecular weight excluding hydrogens is 278 g/mol. The molecule has 0 bridgehead atoms. The predicted molar refractivity (Wildman–Crippen MR) is 102 cm³/mol. The fourth-order valence-electron chi connectivity index (χ4n) is 3.77. The van der Waals surface area contributed by atoms with Gasteiger partial charge in [0, 0.05) is 11.1 Å². The van der Waals surface area contributed by atoms with E-state index in [0.717, 1.165) is 11.1 Å². The molecule has 0 saturated carbocycles. The lowest BCUT2D eigenvalue weighted by molar-refractivity contribution is 0.599. The molecule has 4 aromatic carbocycles. The lowest BCUT2D eigenvalue weighted by Crippen LogP contribution is -2.15. The molecule has 1 heteroatoms. The number of benzene rings is 4. The fourth-order valence-corrected chi connectivity index (χ4v) is 3.77. The number of rotatable bonds is 0. The van der Waals surface area contributed by atoms with Crippen LogP contribution >= 0.6 is 0 Å². The summed E-state index contributed by atoms with van der Waals surface area (Å²) in [6.07, 6.45) is 0. The van der Waals surface area contributed by atoms with Gasteiger partial charge in [-0.3, -0.25) is 0 Å². The number of hydrogen-bond acceptors (Lipinski definition) is 1. The van der Waals surface area contributed by atoms with Gasteiger partial charge >= 0.3 is 0 Å². The van der Waals surface area contributed by atoms with Crippen molar-refractivity contribution in [2.75, 3.05) is 5.73 Å². The van der Waals surface area contributed by atoms with E-state index in [1.807, 2.05) is 0 Å². The molecular formula is C22H21N. The highest BCUT2D eigenvalue weighted by molar-refractivity contribution is 6.22. The van der Waals surface area contributed by atoms with Gasteiger partial charge in [-0.1, -0.05) is 81.4 Å². The van der Waals surface area contributed by atoms with Crippen molar-refractivity contribution in [1.82, 2.24) is 0 Å². The third-order valence-electron chi connectivity index (χ3n) is 4.71. The van der Waals surface area contributed by atoms with Crippen molar-refractivity contribution in [3.63, 3.8) is 0 Å². The van der Waals surface area contributed by atoms with Crippen LogP contribution in [0.1, 0.15) is 26.3 Å². The van der Waals surface area contributed by atoms with Crippen LogP contribution in [0.15, 0.2) is 60.7 Å². The zero-order valence-electron chi connectivity index (χ0n) is 13.9. The van der Waals surface area contributed by atoms with Gasteiger partial charge in [0.05, 0.1) is 0 Å². The molecule has 1 nitrogen and oxygen atoms in total. The van der Waals surface area contributed by atoms with Crippen LogP contribution in [0, 0.1) is 0 Å². The topological polar surface area (TPSA) is 26.0 Å². The van der Waals surface area contributed by atoms with E-state index >= 15 is 0 Å². The van der Waals surface area contributed by atoms with Gasteiger partial charge in [0.2, 0.25) is 0 Å². The fraction of sp³-hybridized carbons (Fsp3) is 0.182. The molecule has 0 amide bonds. The van der Waals surface area contributed by atoms with Gasteiger partial charge in [-0.25, -0.2) is 0 Å². The van der Waals surface area contributed by atoms with Crippen molar-refractivity contribution in [3.8, 4) is 0 Å². The van der Waals surface area contributed by atoms with Crippen molar-refractivity contribution in [1.29, 1.82) is 0 Å². The number of nitrogens with two attached hydrogens (primary N) is 1. The molecule has 0 heterocycles. The van der Waals surface area contributed by atoms with E-state index in [1.165, 1.54) is 32.5 Å². The third-order valence-corrected chi connectivity index (χ3v) is 4.71. The van der Waals surface area contributed by atoms with E-state index in [0.29, 0.717) is 0 Å². The summed E-state index contributed by atoms with van der Waals surface area (Å²) >= 11 is 0. The monoisotopic (exact) mass is 299 g/mol. The van der Waals surface area contributed by atoms with Gasteiger partial charge < -0.3 is 5.73 Å². The second-order valence-electron chi connectivity index (χ2n) is 7.29. The minimum Gasteiger partial charge on any atom is -0.398 e. The van der Waals surface area contributed by atoms with Crippen molar-refractivity contribution in [3.05, 3.63) is 66.2 Å². The number of anilines is 1. The summed E-state index contributed by atoms with van der Waals surface area (Å²) in [5, 5.41) is 7.52. The number of nitrogen functional groups attached to an aromatic ring is 1. The maximum Gasteiger partial charge on any atom is 0.0438 e. The number of fused-ring (bicyclic) bond motifs is 5. The minimum absolute atomic E-state index is 0.0174. The van der Waals surface area contributed by atoms with Crippen LogP contribution in [-0.2, 0) is 5.41 Å². The van der Waals surface area contributed by atoms with E-state index < -0.39 is 0 Å². The summed E-state index contributed by atoms with van der Waals surface area (Å²) in [7, 11) is 0. The average Bonchev–Trinajstić information content (AvgIpc) is 2.54. The van der Waals surface area contributed by atoms with Gasteiger partial charge in [0.1, 0.15) is 0 Å². The van der Waals surface area contributed by atoms with Gasteiger partial charge in [0.25, 0.3) is 0 Å². The van der Waals surface area contributed by atoms with Gasteiger partial charge in [-0.05, 0) is 37.9 Å². The highest BCUT2D eigenvalue weighted by atomic mass is 14.6. The van der Waals surface area contributed by atoms with Crippen molar-refractivity contribution in [2.24, 2.45) is 0 Å². The summed E-state index contributed by atoms with van der Waals surface area (Å²) in [6, 6.07) is 21.5. The minimum atomic E-state index is -0.0174. The quantitative estimate of drug-likeness (QED) is 0.311. The summed E-state index contributed by atoms with van der Waals surface area (Å²) < 4.78 is 0. The molecule has 0 aliphatic carbocycles. The Labute approximate surface area is 136 Å². The first kappa shape index (κ1) is 14.1. The van der Waals surface area contributed by atoms with E-state index in [2.05, 4.69) is 81.4 Å². The molecule has 114 valence electrons. The summed E-state index contributed by atoms with van der Waals surface area (Å²) in [5.74, 6) is 0. The Kier molecular flexibility index (Phi) is 2.89. The van der Waals surface area contributed by atoms with E-state index in [4.69, 9.17) is 5.73 Å². The molecule has 0 aliphatic heterocycles. The summed E-state index contributed by atoms with van der Waals surface area (Å²) in [4.78, 5) is 0. The van der Waals surface area contributed by atoms with Crippen LogP contribution in [0.2, 0.25) is 0 Å². The molecule has 0 radical (unpaired) electrons. The van der Waals surface area contributed by atoms with Crippen LogP contribution in [0.5, 0.6) is 0 Å². The molecule has 0 fully saturated rings. The second-order valence-corrected chi connectivity index (χ2v) is 7.29. The van der Waals surface area contributed by atoms with E-state index in [-0.39, 0.29) is 5.41 Å². The normalized spacial score (nSPS) is 12.3. The Bertz CT molecular complexity index is 1050. The zero-order valence-corrected chi connectivity index (χ0v) is 13.9. The van der Waals surface area contributed by atoms with Gasteiger partial charge in [-0.2, -0.15) is 0 Å². The van der Waals surface area contributed by atoms with Crippen LogP contribution in [0.25, 0.3) is 32.3 Å². The summed E-state index contributed by atoms with van der Waals surface area (Å²) in [5.41, 5.74) is 8.81. The van der Waals surface area contributed by atoms with Crippen LogP contribution < -0.4 is 5.73 Å². The Balaban J connectivity index is 2.40. The Morgan fingerprint density at radius 1 is 0.652 bits per heavy atom. The average molecular weight is 299 g/mol. The van der Waals surface area contributed by atoms with Crippen molar-refractivity contribution in [2.45, 2.75) is 26.2 Å². The molecule has 0 unspecified atom stereocenters. The largest absolute Gasteiger partial charge is 0.398 e. The van der Waals surface area contributed by atoms with E-state index in [1.54, 1.807) is 0 Å². The second kappa shape index (κ2) is 4.73. The Morgan fingerprint density at radius 3 is 1.96 bits per heavy atom. The number of hydrogen-bond donors (Lipinski definition) is 1. The molecule has 0 saturated heterocycles. The van der Waals surface area contributed by atoms with Gasteiger partial charge in [-0.15, -0.1) is 0 Å². The van der Waals surface area contributed by atoms with Gasteiger partial charge in [0.15, 0.2) is 0 Å². The third kappa shape index (κ3) is 2.00. The zero-order chi connectivity index (χ0) is 16.2. The van der Waals surface area contributed by atoms with E-state index in [9.17, 15) is 0 Å². The van der Waals surface area contributed by atoms with Crippen molar-refractivity contribution < 1.29 is 0 Å². The Hall–Kier alpha value is -2.54. The highest BCUT2D eigenvalue weighted by Crippen LogP contribution is 2.43. The lowest BCUT2D eigenvalue weighted by Gasteiger charge is -2.26. The first-order valence-corrected chi connectivity index (χ1v) is 8.10. The highest BCUT2D eigenvalue weighted by Gasteiger charge is 2.23. The summed E-state index contributed by atoms with van der Waals surface area (Å²) in [6.45, 7) is 6.73. The van der Waals surface area contributed by atoms with Crippen LogP contribution in [0.4, 0.5) is 5.69 Å². The van der Waals surface area contributed by atoms with Crippen molar-refractivity contribution >= 4 is 38.0 Å². The lowest BCUT2D eigenvalue weighted by atomic mass is 9.79. The molecule has 4 rings (SSSR count). The molecule has 2 N–H and O–H groups in total. The SMILES string of the molecule is CC(C)(C)c1c(N)c2ccccc2c2ccc3ccccc3c12. The van der Waals surface area contributed by atoms with Crippen LogP contribution in [-0.4, -0.2) is 0 Å². The maximum absolute atomic E-state index is 6.66. The molecule has 0 aliphatic rings. The molecule has 0 aromatic heterocycles. The molecule has 4 aromatic rings. The molecule has 0 spiro atoms. The Morgan fingerprint density at radius 2 is 1.26 bits per heavy atom. The maximum atomic E-state index is 6.66. The molecule has 23 heavy (non-hydrogen) atoms. The van der Waals surface area contributed by atoms with Crippen LogP contribution in [0.3, 0.4) is 0 Å². The smallest absolute Gasteiger partial charge is 0.0438 e. The first-order chi connectivity index (χ1) is 11.0.